The minimum atomic E-state index is -0.102. The molecule has 0 aromatic carbocycles. The van der Waals surface area contributed by atoms with E-state index in [-0.39, 0.29) is 5.41 Å². The summed E-state index contributed by atoms with van der Waals surface area (Å²) in [5.41, 5.74) is 0.819. The molecule has 0 aliphatic rings. The van der Waals surface area contributed by atoms with E-state index in [2.05, 4.69) is 56.8 Å². The molecule has 1 atom stereocenters. The summed E-state index contributed by atoms with van der Waals surface area (Å²) in [5, 5.41) is 4.00. The van der Waals surface area contributed by atoms with Crippen molar-refractivity contribution >= 4 is 17.4 Å². The number of halogens is 1. The highest BCUT2D eigenvalue weighted by atomic mass is 35.5. The van der Waals surface area contributed by atoms with Crippen LogP contribution in [0.4, 0.5) is 5.82 Å². The molecular formula is C15H26ClN3. The minimum absolute atomic E-state index is 0.102. The third-order valence-corrected chi connectivity index (χ3v) is 3.33. The maximum atomic E-state index is 6.22. The molecule has 0 spiro atoms. The van der Waals surface area contributed by atoms with E-state index >= 15 is 0 Å². The van der Waals surface area contributed by atoms with Crippen molar-refractivity contribution in [1.29, 1.82) is 0 Å². The van der Waals surface area contributed by atoms with Crippen molar-refractivity contribution in [1.82, 2.24) is 9.97 Å². The monoisotopic (exact) mass is 283 g/mol. The number of aromatic nitrogens is 2. The van der Waals surface area contributed by atoms with Gasteiger partial charge in [-0.3, -0.25) is 0 Å². The largest absolute Gasteiger partial charge is 0.367 e. The van der Waals surface area contributed by atoms with Gasteiger partial charge in [-0.1, -0.05) is 46.2 Å². The van der Waals surface area contributed by atoms with Crippen molar-refractivity contribution in [2.75, 3.05) is 5.32 Å². The normalized spacial score (nSPS) is 13.7. The van der Waals surface area contributed by atoms with Crippen molar-refractivity contribution in [3.8, 4) is 0 Å². The van der Waals surface area contributed by atoms with Crippen molar-refractivity contribution < 1.29 is 0 Å². The van der Waals surface area contributed by atoms with Gasteiger partial charge in [0.25, 0.3) is 0 Å². The van der Waals surface area contributed by atoms with Crippen LogP contribution >= 0.6 is 11.6 Å². The molecule has 0 radical (unpaired) electrons. The van der Waals surface area contributed by atoms with Crippen LogP contribution in [0.2, 0.25) is 5.15 Å². The standard InChI is InChI=1S/C15H26ClN3/c1-9(2)8-10(3)17-13-11(4)12(16)18-14(19-13)15(5,6)7/h9-10H,8H2,1-7H3,(H,17,18,19). The fourth-order valence-electron chi connectivity index (χ4n) is 1.96. The second-order valence-electron chi connectivity index (χ2n) is 6.74. The summed E-state index contributed by atoms with van der Waals surface area (Å²) in [6.45, 7) is 14.8. The molecule has 0 saturated heterocycles. The van der Waals surface area contributed by atoms with Crippen LogP contribution in [0.3, 0.4) is 0 Å². The minimum Gasteiger partial charge on any atom is -0.367 e. The Balaban J connectivity index is 3.03. The van der Waals surface area contributed by atoms with Crippen molar-refractivity contribution in [3.63, 3.8) is 0 Å². The molecule has 4 heteroatoms. The van der Waals surface area contributed by atoms with E-state index < -0.39 is 0 Å². The summed E-state index contributed by atoms with van der Waals surface area (Å²) in [7, 11) is 0. The van der Waals surface area contributed by atoms with Gasteiger partial charge in [0.05, 0.1) is 0 Å². The van der Waals surface area contributed by atoms with E-state index in [1.807, 2.05) is 6.92 Å². The van der Waals surface area contributed by atoms with Crippen LogP contribution in [0, 0.1) is 12.8 Å². The lowest BCUT2D eigenvalue weighted by molar-refractivity contribution is 0.531. The summed E-state index contributed by atoms with van der Waals surface area (Å²) in [4.78, 5) is 9.03. The van der Waals surface area contributed by atoms with Crippen LogP contribution in [-0.2, 0) is 5.41 Å². The van der Waals surface area contributed by atoms with E-state index in [9.17, 15) is 0 Å². The quantitative estimate of drug-likeness (QED) is 0.822. The summed E-state index contributed by atoms with van der Waals surface area (Å²) in [6.07, 6.45) is 1.10. The van der Waals surface area contributed by atoms with Gasteiger partial charge >= 0.3 is 0 Å². The van der Waals surface area contributed by atoms with Crippen molar-refractivity contribution in [2.24, 2.45) is 5.92 Å². The van der Waals surface area contributed by atoms with Gasteiger partial charge in [-0.2, -0.15) is 0 Å². The van der Waals surface area contributed by atoms with Crippen molar-refractivity contribution in [3.05, 3.63) is 16.5 Å². The number of nitrogens with zero attached hydrogens (tertiary/aromatic N) is 2. The first-order chi connectivity index (χ1) is 8.61. The summed E-state index contributed by atoms with van der Waals surface area (Å²) < 4.78 is 0. The second-order valence-corrected chi connectivity index (χ2v) is 7.09. The zero-order valence-electron chi connectivity index (χ0n) is 13.1. The predicted molar refractivity (Wildman–Crippen MR) is 83.0 cm³/mol. The molecule has 19 heavy (non-hydrogen) atoms. The van der Waals surface area contributed by atoms with Crippen molar-refractivity contribution in [2.45, 2.75) is 66.3 Å². The first-order valence-corrected chi connectivity index (χ1v) is 7.30. The Morgan fingerprint density at radius 1 is 1.16 bits per heavy atom. The van der Waals surface area contributed by atoms with Gasteiger partial charge in [-0.15, -0.1) is 0 Å². The Labute approximate surface area is 122 Å². The molecule has 3 nitrogen and oxygen atoms in total. The molecular weight excluding hydrogens is 258 g/mol. The molecule has 108 valence electrons. The number of hydrogen-bond donors (Lipinski definition) is 1. The van der Waals surface area contributed by atoms with Gasteiger partial charge in [0.1, 0.15) is 16.8 Å². The van der Waals surface area contributed by atoms with Crippen LogP contribution in [0.15, 0.2) is 0 Å². The van der Waals surface area contributed by atoms with E-state index in [4.69, 9.17) is 11.6 Å². The highest BCUT2D eigenvalue weighted by Gasteiger charge is 2.21. The smallest absolute Gasteiger partial charge is 0.137 e. The first kappa shape index (κ1) is 16.2. The highest BCUT2D eigenvalue weighted by Crippen LogP contribution is 2.26. The van der Waals surface area contributed by atoms with Crippen LogP contribution in [-0.4, -0.2) is 16.0 Å². The van der Waals surface area contributed by atoms with Gasteiger partial charge in [-0.05, 0) is 26.2 Å². The van der Waals surface area contributed by atoms with Crippen LogP contribution in [0.1, 0.15) is 59.4 Å². The molecule has 1 aromatic rings. The average Bonchev–Trinajstić information content (AvgIpc) is 2.21. The van der Waals surface area contributed by atoms with Gasteiger partial charge in [-0.25, -0.2) is 9.97 Å². The zero-order valence-corrected chi connectivity index (χ0v) is 13.9. The molecule has 0 amide bonds. The molecule has 0 bridgehead atoms. The molecule has 0 fully saturated rings. The summed E-state index contributed by atoms with van der Waals surface area (Å²) in [5.74, 6) is 2.29. The maximum absolute atomic E-state index is 6.22. The van der Waals surface area contributed by atoms with Gasteiger partial charge < -0.3 is 5.32 Å². The Hall–Kier alpha value is -0.830. The summed E-state index contributed by atoms with van der Waals surface area (Å²) in [6, 6.07) is 0.373. The molecule has 0 aliphatic carbocycles. The van der Waals surface area contributed by atoms with Crippen LogP contribution in [0.25, 0.3) is 0 Å². The van der Waals surface area contributed by atoms with Crippen LogP contribution in [0.5, 0.6) is 0 Å². The zero-order chi connectivity index (χ0) is 14.8. The second kappa shape index (κ2) is 6.08. The summed E-state index contributed by atoms with van der Waals surface area (Å²) >= 11 is 6.22. The number of hydrogen-bond acceptors (Lipinski definition) is 3. The lowest BCUT2D eigenvalue weighted by Crippen LogP contribution is -2.22. The van der Waals surface area contributed by atoms with E-state index in [1.54, 1.807) is 0 Å². The molecule has 0 saturated carbocycles. The molecule has 0 aliphatic heterocycles. The fourth-order valence-corrected chi connectivity index (χ4v) is 2.13. The Bertz CT molecular complexity index is 436. The first-order valence-electron chi connectivity index (χ1n) is 6.92. The van der Waals surface area contributed by atoms with Crippen LogP contribution < -0.4 is 5.32 Å². The van der Waals surface area contributed by atoms with E-state index in [1.165, 1.54) is 0 Å². The van der Waals surface area contributed by atoms with Gasteiger partial charge in [0, 0.05) is 17.0 Å². The third-order valence-electron chi connectivity index (χ3n) is 2.97. The topological polar surface area (TPSA) is 37.8 Å². The predicted octanol–water partition coefficient (Wildman–Crippen LogP) is 4.58. The number of rotatable bonds is 4. The molecule has 1 heterocycles. The third kappa shape index (κ3) is 4.64. The molecule has 1 N–H and O–H groups in total. The maximum Gasteiger partial charge on any atom is 0.137 e. The fraction of sp³-hybridized carbons (Fsp3) is 0.733. The van der Waals surface area contributed by atoms with E-state index in [0.717, 1.165) is 23.6 Å². The Morgan fingerprint density at radius 2 is 1.74 bits per heavy atom. The Morgan fingerprint density at radius 3 is 2.21 bits per heavy atom. The molecule has 1 rings (SSSR count). The van der Waals surface area contributed by atoms with Gasteiger partial charge in [0.2, 0.25) is 0 Å². The number of nitrogens with one attached hydrogen (secondary N) is 1. The molecule has 1 aromatic heterocycles. The highest BCUT2D eigenvalue weighted by molar-refractivity contribution is 6.30. The Kier molecular flexibility index (Phi) is 5.19. The SMILES string of the molecule is Cc1c(Cl)nc(C(C)(C)C)nc1NC(C)CC(C)C. The van der Waals surface area contributed by atoms with Gasteiger partial charge in [0.15, 0.2) is 0 Å². The van der Waals surface area contributed by atoms with E-state index in [0.29, 0.717) is 17.1 Å². The lowest BCUT2D eigenvalue weighted by atomic mass is 9.95. The molecule has 1 unspecified atom stereocenters. The average molecular weight is 284 g/mol. The number of anilines is 1. The lowest BCUT2D eigenvalue weighted by Gasteiger charge is -2.22.